The molecule has 0 aliphatic rings. The van der Waals surface area contributed by atoms with Crippen LogP contribution in [0.15, 0.2) is 30.3 Å². The topological polar surface area (TPSA) is 37.3 Å². The molecule has 2 nitrogen and oxygen atoms in total. The smallest absolute Gasteiger partial charge is 0.304 e. The normalized spacial score (nSPS) is 10.2. The first-order chi connectivity index (χ1) is 7.79. The Balaban J connectivity index is 1.94. The number of hydrogen-bond donors (Lipinski definition) is 1. The molecule has 0 aliphatic heterocycles. The summed E-state index contributed by atoms with van der Waals surface area (Å²) in [7, 11) is 0. The van der Waals surface area contributed by atoms with Crippen molar-refractivity contribution in [2.24, 2.45) is 0 Å². The van der Waals surface area contributed by atoms with Gasteiger partial charge in [0, 0.05) is 5.75 Å². The van der Waals surface area contributed by atoms with E-state index in [2.05, 4.69) is 24.3 Å². The first-order valence-corrected chi connectivity index (χ1v) is 6.78. The summed E-state index contributed by atoms with van der Waals surface area (Å²) < 4.78 is 0. The predicted octanol–water partition coefficient (Wildman–Crippen LogP) is 3.22. The van der Waals surface area contributed by atoms with E-state index in [-0.39, 0.29) is 6.42 Å². The summed E-state index contributed by atoms with van der Waals surface area (Å²) in [5.74, 6) is 1.11. The fourth-order valence-corrected chi connectivity index (χ4v) is 2.37. The molecule has 1 N–H and O–H groups in total. The van der Waals surface area contributed by atoms with Crippen LogP contribution in [0.5, 0.6) is 0 Å². The maximum atomic E-state index is 10.3. The number of carboxylic acids is 1. The van der Waals surface area contributed by atoms with Crippen LogP contribution in [0.3, 0.4) is 0 Å². The molecule has 0 aromatic heterocycles. The van der Waals surface area contributed by atoms with E-state index in [9.17, 15) is 4.79 Å². The van der Waals surface area contributed by atoms with Crippen molar-refractivity contribution in [2.75, 3.05) is 11.5 Å². The highest BCUT2D eigenvalue weighted by atomic mass is 32.2. The summed E-state index contributed by atoms with van der Waals surface area (Å²) in [4.78, 5) is 10.3. The van der Waals surface area contributed by atoms with Crippen LogP contribution in [0.4, 0.5) is 0 Å². The molecule has 0 saturated heterocycles. The van der Waals surface area contributed by atoms with Gasteiger partial charge in [0.1, 0.15) is 0 Å². The molecule has 16 heavy (non-hydrogen) atoms. The highest BCUT2D eigenvalue weighted by Crippen LogP contribution is 2.09. The fraction of sp³-hybridized carbons (Fsp3) is 0.462. The highest BCUT2D eigenvalue weighted by Gasteiger charge is 1.97. The summed E-state index contributed by atoms with van der Waals surface area (Å²) in [6.45, 7) is 0. The molecule has 0 saturated carbocycles. The Bertz CT molecular complexity index is 298. The van der Waals surface area contributed by atoms with Crippen LogP contribution < -0.4 is 0 Å². The van der Waals surface area contributed by atoms with E-state index in [4.69, 9.17) is 5.11 Å². The Kier molecular flexibility index (Phi) is 6.74. The van der Waals surface area contributed by atoms with Gasteiger partial charge in [0.05, 0.1) is 6.42 Å². The number of rotatable bonds is 8. The van der Waals surface area contributed by atoms with E-state index in [0.29, 0.717) is 0 Å². The van der Waals surface area contributed by atoms with E-state index >= 15 is 0 Å². The van der Waals surface area contributed by atoms with Crippen molar-refractivity contribution in [1.29, 1.82) is 0 Å². The molecule has 88 valence electrons. The number of benzene rings is 1. The molecule has 3 heteroatoms. The summed E-state index contributed by atoms with van der Waals surface area (Å²) in [5.41, 5.74) is 1.39. The number of unbranched alkanes of at least 4 members (excludes halogenated alkanes) is 1. The van der Waals surface area contributed by atoms with E-state index in [1.807, 2.05) is 6.07 Å². The maximum absolute atomic E-state index is 10.3. The van der Waals surface area contributed by atoms with Crippen molar-refractivity contribution in [3.8, 4) is 0 Å². The van der Waals surface area contributed by atoms with Crippen LogP contribution in [0.1, 0.15) is 24.8 Å². The minimum atomic E-state index is -0.697. The van der Waals surface area contributed by atoms with Crippen LogP contribution in [-0.2, 0) is 11.2 Å². The number of hydrogen-bond acceptors (Lipinski definition) is 2. The highest BCUT2D eigenvalue weighted by molar-refractivity contribution is 7.99. The average molecular weight is 238 g/mol. The Morgan fingerprint density at radius 2 is 1.88 bits per heavy atom. The molecule has 1 aromatic rings. The van der Waals surface area contributed by atoms with Gasteiger partial charge in [-0.15, -0.1) is 0 Å². The molecule has 0 atom stereocenters. The lowest BCUT2D eigenvalue weighted by molar-refractivity contribution is -0.136. The summed E-state index contributed by atoms with van der Waals surface area (Å²) in [6.07, 6.45) is 3.76. The lowest BCUT2D eigenvalue weighted by atomic mass is 10.1. The van der Waals surface area contributed by atoms with Crippen LogP contribution in [0.25, 0.3) is 0 Å². The average Bonchev–Trinajstić information content (AvgIpc) is 2.29. The second kappa shape index (κ2) is 8.22. The third-order valence-electron chi connectivity index (χ3n) is 2.31. The molecule has 0 radical (unpaired) electrons. The van der Waals surface area contributed by atoms with Crippen LogP contribution in [0, 0.1) is 0 Å². The maximum Gasteiger partial charge on any atom is 0.304 e. The van der Waals surface area contributed by atoms with Gasteiger partial charge in [-0.25, -0.2) is 0 Å². The van der Waals surface area contributed by atoms with Crippen molar-refractivity contribution >= 4 is 17.7 Å². The molecule has 0 fully saturated rings. The zero-order valence-electron chi connectivity index (χ0n) is 9.39. The van der Waals surface area contributed by atoms with E-state index in [0.717, 1.165) is 17.9 Å². The number of aryl methyl sites for hydroxylation is 1. The quantitative estimate of drug-likeness (QED) is 0.707. The molecule has 0 unspecified atom stereocenters. The monoisotopic (exact) mass is 238 g/mol. The SMILES string of the molecule is O=C(O)CCSCCCCc1ccccc1. The van der Waals surface area contributed by atoms with Gasteiger partial charge in [-0.1, -0.05) is 30.3 Å². The van der Waals surface area contributed by atoms with Crippen LogP contribution >= 0.6 is 11.8 Å². The summed E-state index contributed by atoms with van der Waals surface area (Å²) in [5, 5.41) is 8.45. The van der Waals surface area contributed by atoms with Gasteiger partial charge in [0.15, 0.2) is 0 Å². The third-order valence-corrected chi connectivity index (χ3v) is 3.38. The largest absolute Gasteiger partial charge is 0.481 e. The Hall–Kier alpha value is -0.960. The third kappa shape index (κ3) is 6.51. The number of thioether (sulfide) groups is 1. The lowest BCUT2D eigenvalue weighted by Gasteiger charge is -2.01. The van der Waals surface area contributed by atoms with Crippen molar-refractivity contribution < 1.29 is 9.90 Å². The van der Waals surface area contributed by atoms with Gasteiger partial charge in [-0.2, -0.15) is 11.8 Å². The molecule has 1 rings (SSSR count). The van der Waals surface area contributed by atoms with Crippen molar-refractivity contribution in [1.82, 2.24) is 0 Å². The van der Waals surface area contributed by atoms with E-state index in [1.165, 1.54) is 18.4 Å². The first-order valence-electron chi connectivity index (χ1n) is 5.62. The minimum absolute atomic E-state index is 0.281. The lowest BCUT2D eigenvalue weighted by Crippen LogP contribution is -1.96. The van der Waals surface area contributed by atoms with Crippen molar-refractivity contribution in [3.05, 3.63) is 35.9 Å². The Labute approximate surface area is 101 Å². The van der Waals surface area contributed by atoms with E-state index < -0.39 is 5.97 Å². The molecule has 0 spiro atoms. The zero-order chi connectivity index (χ0) is 11.6. The second-order valence-corrected chi connectivity index (χ2v) is 4.92. The summed E-state index contributed by atoms with van der Waals surface area (Å²) in [6, 6.07) is 10.5. The molecule has 0 amide bonds. The Morgan fingerprint density at radius 3 is 2.56 bits per heavy atom. The fourth-order valence-electron chi connectivity index (χ4n) is 1.44. The number of carboxylic acid groups (broad SMARTS) is 1. The molecule has 0 bridgehead atoms. The molecule has 1 aromatic carbocycles. The second-order valence-electron chi connectivity index (χ2n) is 3.70. The van der Waals surface area contributed by atoms with Gasteiger partial charge >= 0.3 is 5.97 Å². The predicted molar refractivity (Wildman–Crippen MR) is 69.0 cm³/mol. The van der Waals surface area contributed by atoms with Gasteiger partial charge in [-0.3, -0.25) is 4.79 Å². The van der Waals surface area contributed by atoms with Crippen LogP contribution in [0.2, 0.25) is 0 Å². The standard InChI is InChI=1S/C13H18O2S/c14-13(15)9-11-16-10-5-4-8-12-6-2-1-3-7-12/h1-3,6-7H,4-5,8-11H2,(H,14,15). The van der Waals surface area contributed by atoms with Crippen molar-refractivity contribution in [2.45, 2.75) is 25.7 Å². The molecular weight excluding hydrogens is 220 g/mol. The van der Waals surface area contributed by atoms with Crippen LogP contribution in [-0.4, -0.2) is 22.6 Å². The molecule has 0 heterocycles. The number of aliphatic carboxylic acids is 1. The van der Waals surface area contributed by atoms with Gasteiger partial charge in [-0.05, 0) is 30.6 Å². The zero-order valence-corrected chi connectivity index (χ0v) is 10.2. The van der Waals surface area contributed by atoms with E-state index in [1.54, 1.807) is 11.8 Å². The van der Waals surface area contributed by atoms with Gasteiger partial charge in [0.25, 0.3) is 0 Å². The molecule has 0 aliphatic carbocycles. The summed E-state index contributed by atoms with van der Waals surface area (Å²) >= 11 is 1.74. The number of carbonyl (C=O) groups is 1. The molecular formula is C13H18O2S. The van der Waals surface area contributed by atoms with Gasteiger partial charge in [0.2, 0.25) is 0 Å². The minimum Gasteiger partial charge on any atom is -0.481 e. The van der Waals surface area contributed by atoms with Gasteiger partial charge < -0.3 is 5.11 Å². The van der Waals surface area contributed by atoms with Crippen molar-refractivity contribution in [3.63, 3.8) is 0 Å². The Morgan fingerprint density at radius 1 is 1.12 bits per heavy atom. The first kappa shape index (κ1) is 13.1.